The van der Waals surface area contributed by atoms with Gasteiger partial charge in [-0.1, -0.05) is 44.2 Å². The van der Waals surface area contributed by atoms with Gasteiger partial charge in [0, 0.05) is 6.54 Å². The van der Waals surface area contributed by atoms with Gasteiger partial charge in [0.15, 0.2) is 0 Å². The predicted octanol–water partition coefficient (Wildman–Crippen LogP) is 2.84. The van der Waals surface area contributed by atoms with Crippen molar-refractivity contribution in [2.24, 2.45) is 5.92 Å². The van der Waals surface area contributed by atoms with Gasteiger partial charge in [0.2, 0.25) is 0 Å². The first kappa shape index (κ1) is 17.0. The van der Waals surface area contributed by atoms with Gasteiger partial charge in [0.25, 0.3) is 0 Å². The number of amides is 1. The van der Waals surface area contributed by atoms with Crippen LogP contribution in [-0.2, 0) is 20.9 Å². The highest BCUT2D eigenvalue weighted by Crippen LogP contribution is 2.04. The van der Waals surface area contributed by atoms with Crippen molar-refractivity contribution in [3.05, 3.63) is 35.9 Å². The summed E-state index contributed by atoms with van der Waals surface area (Å²) in [5.41, 5.74) is 0.907. The molecule has 0 saturated carbocycles. The molecule has 0 N–H and O–H groups in total. The molecule has 0 aliphatic rings. The Labute approximate surface area is 125 Å². The molecular formula is C16H23NO4. The second-order valence-electron chi connectivity index (χ2n) is 5.13. The van der Waals surface area contributed by atoms with Gasteiger partial charge in [-0.25, -0.2) is 4.79 Å². The van der Waals surface area contributed by atoms with E-state index in [9.17, 15) is 9.59 Å². The zero-order valence-corrected chi connectivity index (χ0v) is 12.9. The maximum atomic E-state index is 11.9. The monoisotopic (exact) mass is 293 g/mol. The summed E-state index contributed by atoms with van der Waals surface area (Å²) in [7, 11) is 0. The van der Waals surface area contributed by atoms with Crippen molar-refractivity contribution in [3.8, 4) is 0 Å². The molecule has 1 rings (SSSR count). The Morgan fingerprint density at radius 3 is 2.38 bits per heavy atom. The van der Waals surface area contributed by atoms with E-state index in [-0.39, 0.29) is 19.1 Å². The lowest BCUT2D eigenvalue weighted by molar-refractivity contribution is -0.145. The molecule has 1 aromatic rings. The largest absolute Gasteiger partial charge is 0.464 e. The van der Waals surface area contributed by atoms with Gasteiger partial charge in [0.1, 0.15) is 13.2 Å². The SMILES string of the molecule is CCN(CC(=O)OCC(C)C)C(=O)OCc1ccccc1. The van der Waals surface area contributed by atoms with Crippen LogP contribution >= 0.6 is 0 Å². The topological polar surface area (TPSA) is 55.8 Å². The second kappa shape index (κ2) is 9.00. The lowest BCUT2D eigenvalue weighted by Gasteiger charge is -2.19. The van der Waals surface area contributed by atoms with E-state index in [4.69, 9.17) is 9.47 Å². The Hall–Kier alpha value is -2.04. The number of nitrogens with zero attached hydrogens (tertiary/aromatic N) is 1. The van der Waals surface area contributed by atoms with Gasteiger partial charge in [0.05, 0.1) is 6.61 Å². The lowest BCUT2D eigenvalue weighted by atomic mass is 10.2. The zero-order valence-electron chi connectivity index (χ0n) is 12.9. The number of carbonyl (C=O) groups is 2. The van der Waals surface area contributed by atoms with Gasteiger partial charge in [-0.3, -0.25) is 9.69 Å². The summed E-state index contributed by atoms with van der Waals surface area (Å²) < 4.78 is 10.2. The number of likely N-dealkylation sites (N-methyl/N-ethyl adjacent to an activating group) is 1. The minimum atomic E-state index is -0.511. The van der Waals surface area contributed by atoms with Crippen LogP contribution in [-0.4, -0.2) is 36.7 Å². The molecule has 0 saturated heterocycles. The molecule has 21 heavy (non-hydrogen) atoms. The van der Waals surface area contributed by atoms with E-state index in [2.05, 4.69) is 0 Å². The Morgan fingerprint density at radius 1 is 1.14 bits per heavy atom. The van der Waals surface area contributed by atoms with E-state index in [0.29, 0.717) is 13.2 Å². The number of hydrogen-bond donors (Lipinski definition) is 0. The summed E-state index contributed by atoms with van der Waals surface area (Å²) in [6, 6.07) is 9.41. The van der Waals surface area contributed by atoms with Crippen LogP contribution in [0.5, 0.6) is 0 Å². The molecule has 0 atom stereocenters. The third kappa shape index (κ3) is 6.79. The van der Waals surface area contributed by atoms with Gasteiger partial charge >= 0.3 is 12.1 Å². The molecule has 5 heteroatoms. The number of carbonyl (C=O) groups excluding carboxylic acids is 2. The summed E-state index contributed by atoms with van der Waals surface area (Å²) in [6.45, 7) is 6.56. The summed E-state index contributed by atoms with van der Waals surface area (Å²) in [6.07, 6.45) is -0.511. The van der Waals surface area contributed by atoms with Crippen molar-refractivity contribution >= 4 is 12.1 Å². The smallest absolute Gasteiger partial charge is 0.410 e. The highest BCUT2D eigenvalue weighted by molar-refractivity contribution is 5.78. The Bertz CT molecular complexity index is 445. The molecule has 0 aromatic heterocycles. The molecule has 1 amide bonds. The summed E-state index contributed by atoms with van der Waals surface area (Å²) >= 11 is 0. The Balaban J connectivity index is 2.40. The molecule has 1 aromatic carbocycles. The van der Waals surface area contributed by atoms with Gasteiger partial charge in [-0.2, -0.15) is 0 Å². The van der Waals surface area contributed by atoms with Crippen LogP contribution in [0.15, 0.2) is 30.3 Å². The van der Waals surface area contributed by atoms with Gasteiger partial charge in [-0.05, 0) is 18.4 Å². The van der Waals surface area contributed by atoms with Crippen molar-refractivity contribution < 1.29 is 19.1 Å². The molecule has 0 aliphatic carbocycles. The highest BCUT2D eigenvalue weighted by Gasteiger charge is 2.18. The first-order valence-corrected chi connectivity index (χ1v) is 7.14. The van der Waals surface area contributed by atoms with E-state index < -0.39 is 12.1 Å². The molecule has 116 valence electrons. The third-order valence-electron chi connectivity index (χ3n) is 2.74. The number of benzene rings is 1. The Morgan fingerprint density at radius 2 is 1.81 bits per heavy atom. The van der Waals surface area contributed by atoms with Gasteiger partial charge < -0.3 is 9.47 Å². The first-order chi connectivity index (χ1) is 10.0. The van der Waals surface area contributed by atoms with Crippen LogP contribution in [0.1, 0.15) is 26.3 Å². The molecule has 0 aliphatic heterocycles. The normalized spacial score (nSPS) is 10.3. The van der Waals surface area contributed by atoms with Crippen LogP contribution in [0.3, 0.4) is 0 Å². The average Bonchev–Trinajstić information content (AvgIpc) is 2.49. The molecule has 0 unspecified atom stereocenters. The molecule has 0 fully saturated rings. The number of rotatable bonds is 7. The maximum Gasteiger partial charge on any atom is 0.410 e. The van der Waals surface area contributed by atoms with Crippen molar-refractivity contribution in [1.29, 1.82) is 0 Å². The minimum absolute atomic E-state index is 0.0865. The average molecular weight is 293 g/mol. The van der Waals surface area contributed by atoms with Crippen molar-refractivity contribution in [1.82, 2.24) is 4.90 Å². The van der Waals surface area contributed by atoms with E-state index >= 15 is 0 Å². The van der Waals surface area contributed by atoms with Crippen LogP contribution < -0.4 is 0 Å². The molecular weight excluding hydrogens is 270 g/mol. The molecule has 0 spiro atoms. The van der Waals surface area contributed by atoms with E-state index in [0.717, 1.165) is 5.56 Å². The van der Waals surface area contributed by atoms with Crippen LogP contribution in [0, 0.1) is 5.92 Å². The van der Waals surface area contributed by atoms with E-state index in [1.807, 2.05) is 44.2 Å². The predicted molar refractivity (Wildman–Crippen MR) is 79.7 cm³/mol. The fraction of sp³-hybridized carbons (Fsp3) is 0.500. The summed E-state index contributed by atoms with van der Waals surface area (Å²) in [4.78, 5) is 24.9. The molecule has 0 heterocycles. The number of esters is 1. The van der Waals surface area contributed by atoms with Crippen molar-refractivity contribution in [2.45, 2.75) is 27.4 Å². The minimum Gasteiger partial charge on any atom is -0.464 e. The Kier molecular flexibility index (Phi) is 7.29. The number of hydrogen-bond acceptors (Lipinski definition) is 4. The lowest BCUT2D eigenvalue weighted by Crippen LogP contribution is -2.36. The fourth-order valence-corrected chi connectivity index (χ4v) is 1.58. The summed E-state index contributed by atoms with van der Waals surface area (Å²) in [5.74, 6) is -0.142. The van der Waals surface area contributed by atoms with Gasteiger partial charge in [-0.15, -0.1) is 0 Å². The summed E-state index contributed by atoms with van der Waals surface area (Å²) in [5, 5.41) is 0. The molecule has 0 bridgehead atoms. The highest BCUT2D eigenvalue weighted by atomic mass is 16.6. The van der Waals surface area contributed by atoms with Crippen LogP contribution in [0.2, 0.25) is 0 Å². The van der Waals surface area contributed by atoms with Crippen molar-refractivity contribution in [3.63, 3.8) is 0 Å². The first-order valence-electron chi connectivity index (χ1n) is 7.14. The molecule has 5 nitrogen and oxygen atoms in total. The zero-order chi connectivity index (χ0) is 15.7. The molecule has 0 radical (unpaired) electrons. The maximum absolute atomic E-state index is 11.9. The van der Waals surface area contributed by atoms with Crippen LogP contribution in [0.25, 0.3) is 0 Å². The van der Waals surface area contributed by atoms with Crippen LogP contribution in [0.4, 0.5) is 4.79 Å². The van der Waals surface area contributed by atoms with E-state index in [1.165, 1.54) is 4.90 Å². The van der Waals surface area contributed by atoms with Crippen molar-refractivity contribution in [2.75, 3.05) is 19.7 Å². The standard InChI is InChI=1S/C16H23NO4/c1-4-17(10-15(18)20-11-13(2)3)16(19)21-12-14-8-6-5-7-9-14/h5-9,13H,4,10-12H2,1-3H3. The third-order valence-corrected chi connectivity index (χ3v) is 2.74. The quantitative estimate of drug-likeness (QED) is 0.725. The second-order valence-corrected chi connectivity index (χ2v) is 5.13. The fourth-order valence-electron chi connectivity index (χ4n) is 1.58. The number of ether oxygens (including phenoxy) is 2. The van der Waals surface area contributed by atoms with E-state index in [1.54, 1.807) is 6.92 Å².